The molecule has 2 aromatic carbocycles. The SMILES string of the molecule is CCCN1C(=O)C2(/C(=C(\O)c3cccc(S(=O)(=O)N(C)C)c3)C(=O)C(=O)N2CCCN2CCOCC2)c2ccccc21. The van der Waals surface area contributed by atoms with Crippen LogP contribution in [0.4, 0.5) is 5.69 Å². The first-order valence-corrected chi connectivity index (χ1v) is 15.5. The number of nitrogens with zero attached hydrogens (tertiary/aromatic N) is 4. The van der Waals surface area contributed by atoms with Gasteiger partial charge in [0, 0.05) is 57.9 Å². The number of sulfonamides is 1. The molecule has 3 aliphatic rings. The monoisotopic (exact) mass is 596 g/mol. The van der Waals surface area contributed by atoms with Gasteiger partial charge in [-0.05, 0) is 31.0 Å². The van der Waals surface area contributed by atoms with Gasteiger partial charge in [-0.1, -0.05) is 37.3 Å². The fourth-order valence-electron chi connectivity index (χ4n) is 6.05. The number of hydrogen-bond acceptors (Lipinski definition) is 8. The molecule has 1 unspecified atom stereocenters. The molecule has 0 bridgehead atoms. The zero-order valence-electron chi connectivity index (χ0n) is 24.1. The summed E-state index contributed by atoms with van der Waals surface area (Å²) >= 11 is 0. The van der Waals surface area contributed by atoms with Gasteiger partial charge in [0.1, 0.15) is 5.76 Å². The van der Waals surface area contributed by atoms with Crippen molar-refractivity contribution in [3.8, 4) is 0 Å². The number of amides is 2. The highest BCUT2D eigenvalue weighted by molar-refractivity contribution is 7.89. The zero-order chi connectivity index (χ0) is 30.2. The van der Waals surface area contributed by atoms with Crippen LogP contribution in [0.5, 0.6) is 0 Å². The van der Waals surface area contributed by atoms with Crippen LogP contribution in [-0.4, -0.2) is 105 Å². The van der Waals surface area contributed by atoms with Crippen molar-refractivity contribution >= 4 is 39.1 Å². The number of anilines is 1. The van der Waals surface area contributed by atoms with Crippen LogP contribution < -0.4 is 4.90 Å². The first-order chi connectivity index (χ1) is 20.1. The summed E-state index contributed by atoms with van der Waals surface area (Å²) in [5, 5.41) is 11.7. The average Bonchev–Trinajstić information content (AvgIpc) is 3.36. The Labute approximate surface area is 246 Å². The molecule has 12 heteroatoms. The number of Topliss-reactive ketones (excluding diaryl/α,β-unsaturated/α-hetero) is 1. The molecule has 11 nitrogen and oxygen atoms in total. The lowest BCUT2D eigenvalue weighted by Gasteiger charge is -2.35. The fourth-order valence-corrected chi connectivity index (χ4v) is 7.00. The molecule has 2 fully saturated rings. The quantitative estimate of drug-likeness (QED) is 0.265. The summed E-state index contributed by atoms with van der Waals surface area (Å²) < 4.78 is 32.2. The summed E-state index contributed by atoms with van der Waals surface area (Å²) in [6, 6.07) is 12.5. The number of carbonyl (C=O) groups is 3. The van der Waals surface area contributed by atoms with E-state index in [2.05, 4.69) is 4.90 Å². The first kappa shape index (κ1) is 29.9. The summed E-state index contributed by atoms with van der Waals surface area (Å²) in [6.07, 6.45) is 1.12. The van der Waals surface area contributed by atoms with Gasteiger partial charge in [0.05, 0.1) is 29.4 Å². The highest BCUT2D eigenvalue weighted by Gasteiger charge is 2.66. The predicted molar refractivity (Wildman–Crippen MR) is 156 cm³/mol. The third kappa shape index (κ3) is 4.72. The van der Waals surface area contributed by atoms with E-state index in [1.54, 1.807) is 29.2 Å². The number of rotatable bonds is 9. The number of likely N-dealkylation sites (tertiary alicyclic amines) is 1. The third-order valence-electron chi connectivity index (χ3n) is 8.10. The van der Waals surface area contributed by atoms with E-state index < -0.39 is 38.9 Å². The number of ketones is 1. The summed E-state index contributed by atoms with van der Waals surface area (Å²) in [4.78, 5) is 47.1. The van der Waals surface area contributed by atoms with Crippen LogP contribution in [0.3, 0.4) is 0 Å². The highest BCUT2D eigenvalue weighted by atomic mass is 32.2. The summed E-state index contributed by atoms with van der Waals surface area (Å²) in [5.74, 6) is -2.95. The number of morpholine rings is 1. The van der Waals surface area contributed by atoms with E-state index >= 15 is 0 Å². The second-order valence-electron chi connectivity index (χ2n) is 10.8. The number of fused-ring (bicyclic) bond motifs is 2. The molecule has 3 aliphatic heterocycles. The van der Waals surface area contributed by atoms with E-state index in [0.29, 0.717) is 50.4 Å². The number of aliphatic hydroxyl groups is 1. The Kier molecular flexibility index (Phi) is 8.26. The maximum atomic E-state index is 14.5. The predicted octanol–water partition coefficient (Wildman–Crippen LogP) is 1.99. The Balaban J connectivity index is 1.68. The van der Waals surface area contributed by atoms with Gasteiger partial charge in [0.15, 0.2) is 5.54 Å². The number of ether oxygens (including phenoxy) is 1. The van der Waals surface area contributed by atoms with Crippen molar-refractivity contribution in [3.05, 3.63) is 65.2 Å². The van der Waals surface area contributed by atoms with E-state index in [1.807, 2.05) is 6.92 Å². The Morgan fingerprint density at radius 3 is 2.40 bits per heavy atom. The van der Waals surface area contributed by atoms with Crippen LogP contribution >= 0.6 is 0 Å². The summed E-state index contributed by atoms with van der Waals surface area (Å²) in [5.41, 5.74) is -1.21. The molecule has 0 saturated carbocycles. The molecule has 0 aromatic heterocycles. The molecule has 0 aliphatic carbocycles. The Morgan fingerprint density at radius 2 is 1.71 bits per heavy atom. The molecule has 3 heterocycles. The van der Waals surface area contributed by atoms with E-state index in [9.17, 15) is 27.9 Å². The maximum Gasteiger partial charge on any atom is 0.296 e. The molecule has 1 spiro atoms. The molecule has 1 atom stereocenters. The zero-order valence-corrected chi connectivity index (χ0v) is 24.9. The van der Waals surface area contributed by atoms with Crippen molar-refractivity contribution in [1.82, 2.24) is 14.1 Å². The van der Waals surface area contributed by atoms with Crippen molar-refractivity contribution in [2.24, 2.45) is 0 Å². The molecule has 2 saturated heterocycles. The van der Waals surface area contributed by atoms with E-state index in [-0.39, 0.29) is 22.6 Å². The smallest absolute Gasteiger partial charge is 0.296 e. The lowest BCUT2D eigenvalue weighted by molar-refractivity contribution is -0.143. The molecule has 1 N–H and O–H groups in total. The van der Waals surface area contributed by atoms with E-state index in [1.165, 1.54) is 43.3 Å². The molecule has 2 aromatic rings. The van der Waals surface area contributed by atoms with Gasteiger partial charge in [0.25, 0.3) is 17.6 Å². The fraction of sp³-hybridized carbons (Fsp3) is 0.433. The average molecular weight is 597 g/mol. The van der Waals surface area contributed by atoms with Gasteiger partial charge in [-0.15, -0.1) is 0 Å². The Hall–Kier alpha value is -3.58. The van der Waals surface area contributed by atoms with Gasteiger partial charge in [-0.3, -0.25) is 19.3 Å². The largest absolute Gasteiger partial charge is 0.507 e. The molecule has 2 amide bonds. The van der Waals surface area contributed by atoms with Gasteiger partial charge in [-0.25, -0.2) is 12.7 Å². The van der Waals surface area contributed by atoms with E-state index in [0.717, 1.165) is 17.4 Å². The number of aliphatic hydroxyl groups excluding tert-OH is 1. The minimum absolute atomic E-state index is 0.0165. The standard InChI is InChI=1S/C30H36N4O7S/c1-4-13-33-24-12-6-5-11-23(24)30(29(33)38)25(26(35)21-9-7-10-22(20-21)42(39,40)31(2)3)27(36)28(37)34(30)15-8-14-32-16-18-41-19-17-32/h5-7,9-12,20,35H,4,8,13-19H2,1-3H3/b26-25-. The second-order valence-corrected chi connectivity index (χ2v) is 13.0. The van der Waals surface area contributed by atoms with Crippen molar-refractivity contribution < 1.29 is 32.6 Å². The molecule has 0 radical (unpaired) electrons. The van der Waals surface area contributed by atoms with Gasteiger partial charge in [0.2, 0.25) is 10.0 Å². The van der Waals surface area contributed by atoms with Crippen LogP contribution in [-0.2, 0) is 34.7 Å². The minimum Gasteiger partial charge on any atom is -0.507 e. The van der Waals surface area contributed by atoms with Crippen molar-refractivity contribution in [2.75, 3.05) is 64.9 Å². The first-order valence-electron chi connectivity index (χ1n) is 14.1. The van der Waals surface area contributed by atoms with Crippen LogP contribution in [0.15, 0.2) is 59.0 Å². The third-order valence-corrected chi connectivity index (χ3v) is 9.91. The van der Waals surface area contributed by atoms with Crippen molar-refractivity contribution in [1.29, 1.82) is 0 Å². The molecule has 224 valence electrons. The topological polar surface area (TPSA) is 128 Å². The second kappa shape index (κ2) is 11.6. The number of para-hydroxylation sites is 1. The van der Waals surface area contributed by atoms with Gasteiger partial charge < -0.3 is 19.6 Å². The summed E-state index contributed by atoms with van der Waals surface area (Å²) in [7, 11) is -1.09. The maximum absolute atomic E-state index is 14.5. The van der Waals surface area contributed by atoms with Gasteiger partial charge in [-0.2, -0.15) is 0 Å². The van der Waals surface area contributed by atoms with Crippen LogP contribution in [0, 0.1) is 0 Å². The summed E-state index contributed by atoms with van der Waals surface area (Å²) in [6.45, 7) is 5.77. The minimum atomic E-state index is -3.87. The lowest BCUT2D eigenvalue weighted by atomic mass is 9.82. The molecular weight excluding hydrogens is 560 g/mol. The Bertz CT molecular complexity index is 1550. The van der Waals surface area contributed by atoms with Crippen LogP contribution in [0.2, 0.25) is 0 Å². The Morgan fingerprint density at radius 1 is 1.00 bits per heavy atom. The molecular formula is C30H36N4O7S. The highest BCUT2D eigenvalue weighted by Crippen LogP contribution is 2.53. The number of hydrogen-bond donors (Lipinski definition) is 1. The van der Waals surface area contributed by atoms with Crippen LogP contribution in [0.25, 0.3) is 5.76 Å². The van der Waals surface area contributed by atoms with Gasteiger partial charge >= 0.3 is 0 Å². The van der Waals surface area contributed by atoms with Crippen molar-refractivity contribution in [3.63, 3.8) is 0 Å². The molecule has 42 heavy (non-hydrogen) atoms. The number of carbonyl (C=O) groups excluding carboxylic acids is 3. The molecule has 5 rings (SSSR count). The normalized spacial score (nSPS) is 22.5. The van der Waals surface area contributed by atoms with Crippen LogP contribution in [0.1, 0.15) is 30.9 Å². The number of benzene rings is 2. The van der Waals surface area contributed by atoms with Crippen molar-refractivity contribution in [2.45, 2.75) is 30.2 Å². The lowest BCUT2D eigenvalue weighted by Crippen LogP contribution is -2.52. The van der Waals surface area contributed by atoms with E-state index in [4.69, 9.17) is 4.74 Å².